The van der Waals surface area contributed by atoms with E-state index in [1.165, 1.54) is 17.5 Å². The van der Waals surface area contributed by atoms with E-state index in [2.05, 4.69) is 17.0 Å². The van der Waals surface area contributed by atoms with Crippen molar-refractivity contribution in [2.45, 2.75) is 39.5 Å². The lowest BCUT2D eigenvalue weighted by Crippen LogP contribution is -2.20. The van der Waals surface area contributed by atoms with Crippen LogP contribution in [0.4, 0.5) is 0 Å². The molecule has 1 heterocycles. The van der Waals surface area contributed by atoms with E-state index < -0.39 is 5.97 Å². The molecule has 0 spiro atoms. The number of nitrogens with zero attached hydrogens (tertiary/aromatic N) is 3. The number of benzene rings is 3. The smallest absolute Gasteiger partial charge is 0.343 e. The van der Waals surface area contributed by atoms with Crippen LogP contribution in [0.5, 0.6) is 11.5 Å². The fourth-order valence-corrected chi connectivity index (χ4v) is 3.69. The molecule has 4 aromatic rings. The number of para-hydroxylation sites is 1. The van der Waals surface area contributed by atoms with E-state index in [0.717, 1.165) is 24.2 Å². The van der Waals surface area contributed by atoms with E-state index in [9.17, 15) is 9.59 Å². The van der Waals surface area contributed by atoms with Gasteiger partial charge in [-0.05, 0) is 79.6 Å². The predicted octanol–water partition coefficient (Wildman–Crippen LogP) is 5.77. The van der Waals surface area contributed by atoms with Gasteiger partial charge in [-0.1, -0.05) is 38.3 Å². The number of ether oxygens (including phenoxy) is 2. The van der Waals surface area contributed by atoms with Gasteiger partial charge in [0.1, 0.15) is 17.3 Å². The predicted molar refractivity (Wildman–Crippen MR) is 141 cm³/mol. The highest BCUT2D eigenvalue weighted by molar-refractivity contribution is 5.91. The van der Waals surface area contributed by atoms with Crippen molar-refractivity contribution in [3.63, 3.8) is 0 Å². The molecule has 1 aromatic heterocycles. The molecule has 36 heavy (non-hydrogen) atoms. The molecule has 0 unspecified atom stereocenters. The van der Waals surface area contributed by atoms with E-state index in [1.807, 2.05) is 6.07 Å². The monoisotopic (exact) mass is 483 g/mol. The molecule has 0 atom stereocenters. The number of fused-ring (bicyclic) bond motifs is 1. The third-order valence-electron chi connectivity index (χ3n) is 5.69. The van der Waals surface area contributed by atoms with Crippen molar-refractivity contribution < 1.29 is 14.3 Å². The van der Waals surface area contributed by atoms with Gasteiger partial charge in [-0.3, -0.25) is 4.79 Å². The van der Waals surface area contributed by atoms with Crippen LogP contribution in [0.1, 0.15) is 54.4 Å². The lowest BCUT2D eigenvalue weighted by atomic mass is 10.2. The topological polar surface area (TPSA) is 82.8 Å². The molecule has 4 rings (SSSR count). The van der Waals surface area contributed by atoms with Crippen LogP contribution in [0, 0.1) is 6.92 Å². The number of rotatable bonds is 10. The summed E-state index contributed by atoms with van der Waals surface area (Å²) in [4.78, 5) is 29.7. The molecule has 184 valence electrons. The largest absolute Gasteiger partial charge is 0.494 e. The molecule has 7 nitrogen and oxygen atoms in total. The minimum atomic E-state index is -0.449. The van der Waals surface area contributed by atoms with E-state index in [0.29, 0.717) is 34.6 Å². The van der Waals surface area contributed by atoms with Crippen molar-refractivity contribution in [1.82, 2.24) is 9.66 Å². The highest BCUT2D eigenvalue weighted by atomic mass is 16.5. The Morgan fingerprint density at radius 2 is 1.67 bits per heavy atom. The minimum absolute atomic E-state index is 0.229. The van der Waals surface area contributed by atoms with Gasteiger partial charge in [-0.25, -0.2) is 9.78 Å². The zero-order chi connectivity index (χ0) is 25.3. The molecule has 0 bridgehead atoms. The maximum atomic E-state index is 12.7. The van der Waals surface area contributed by atoms with Crippen LogP contribution in [0.25, 0.3) is 10.9 Å². The Hall–Kier alpha value is -4.26. The SMILES string of the molecule is CCCCCCOc1ccc(C(=O)Oc2ccc(/C=N/n3c(C)nc4ccccc4c3=O)cc2)cc1. The number of esters is 1. The molecule has 0 aliphatic carbocycles. The van der Waals surface area contributed by atoms with E-state index in [-0.39, 0.29) is 5.56 Å². The molecule has 0 saturated heterocycles. The van der Waals surface area contributed by atoms with Gasteiger partial charge in [0.05, 0.1) is 29.3 Å². The third kappa shape index (κ3) is 6.24. The van der Waals surface area contributed by atoms with E-state index in [1.54, 1.807) is 79.9 Å². The van der Waals surface area contributed by atoms with Gasteiger partial charge in [0.15, 0.2) is 0 Å². The standard InChI is InChI=1S/C29H29N3O4/c1-3-4-5-8-19-35-24-17-13-23(14-18-24)29(34)36-25-15-11-22(12-16-25)20-30-32-21(2)31-27-10-7-6-9-26(27)28(32)33/h6-7,9-18,20H,3-5,8,19H2,1-2H3/b30-20+. The van der Waals surface area contributed by atoms with Crippen molar-refractivity contribution in [2.24, 2.45) is 5.10 Å². The average molecular weight is 484 g/mol. The molecular formula is C29H29N3O4. The molecular weight excluding hydrogens is 454 g/mol. The Balaban J connectivity index is 1.36. The average Bonchev–Trinajstić information content (AvgIpc) is 2.89. The zero-order valence-corrected chi connectivity index (χ0v) is 20.5. The number of unbranched alkanes of at least 4 members (excludes halogenated alkanes) is 3. The summed E-state index contributed by atoms with van der Waals surface area (Å²) in [6.07, 6.45) is 6.15. The Morgan fingerprint density at radius 1 is 0.944 bits per heavy atom. The lowest BCUT2D eigenvalue weighted by Gasteiger charge is -2.08. The number of hydrogen-bond donors (Lipinski definition) is 0. The summed E-state index contributed by atoms with van der Waals surface area (Å²) in [5.41, 5.74) is 1.60. The first kappa shape index (κ1) is 24.9. The van der Waals surface area contributed by atoms with Gasteiger partial charge in [-0.2, -0.15) is 9.78 Å². The van der Waals surface area contributed by atoms with Crippen molar-refractivity contribution in [3.05, 3.63) is 100 Å². The molecule has 0 aliphatic heterocycles. The minimum Gasteiger partial charge on any atom is -0.494 e. The number of carbonyl (C=O) groups excluding carboxylic acids is 1. The highest BCUT2D eigenvalue weighted by Crippen LogP contribution is 2.17. The Labute approximate surface area is 210 Å². The van der Waals surface area contributed by atoms with Crippen LogP contribution in [-0.4, -0.2) is 28.5 Å². The van der Waals surface area contributed by atoms with Crippen molar-refractivity contribution >= 4 is 23.1 Å². The van der Waals surface area contributed by atoms with Crippen molar-refractivity contribution in [1.29, 1.82) is 0 Å². The van der Waals surface area contributed by atoms with E-state index >= 15 is 0 Å². The summed E-state index contributed by atoms with van der Waals surface area (Å²) in [5.74, 6) is 1.19. The Bertz CT molecular complexity index is 1410. The molecule has 0 saturated carbocycles. The number of aryl methyl sites for hydroxylation is 1. The summed E-state index contributed by atoms with van der Waals surface area (Å²) in [5, 5.41) is 4.81. The summed E-state index contributed by atoms with van der Waals surface area (Å²) in [7, 11) is 0. The van der Waals surface area contributed by atoms with Crippen LogP contribution >= 0.6 is 0 Å². The second kappa shape index (κ2) is 11.9. The normalized spacial score (nSPS) is 11.2. The van der Waals surface area contributed by atoms with Crippen molar-refractivity contribution in [2.75, 3.05) is 6.61 Å². The molecule has 0 amide bonds. The van der Waals surface area contributed by atoms with Crippen LogP contribution in [0.2, 0.25) is 0 Å². The lowest BCUT2D eigenvalue weighted by molar-refractivity contribution is 0.0734. The van der Waals surface area contributed by atoms with Gasteiger partial charge in [0, 0.05) is 0 Å². The maximum absolute atomic E-state index is 12.7. The summed E-state index contributed by atoms with van der Waals surface area (Å²) in [6, 6.07) is 21.0. The maximum Gasteiger partial charge on any atom is 0.343 e. The molecule has 0 radical (unpaired) electrons. The molecule has 0 fully saturated rings. The van der Waals surface area contributed by atoms with Gasteiger partial charge >= 0.3 is 5.97 Å². The van der Waals surface area contributed by atoms with Crippen LogP contribution in [0.15, 0.2) is 82.7 Å². The van der Waals surface area contributed by atoms with Crippen LogP contribution in [0.3, 0.4) is 0 Å². The first-order valence-corrected chi connectivity index (χ1v) is 12.1. The molecule has 0 aliphatic rings. The van der Waals surface area contributed by atoms with Gasteiger partial charge in [-0.15, -0.1) is 0 Å². The van der Waals surface area contributed by atoms with Gasteiger partial charge < -0.3 is 9.47 Å². The number of aromatic nitrogens is 2. The summed E-state index contributed by atoms with van der Waals surface area (Å²) in [6.45, 7) is 4.59. The molecule has 0 N–H and O–H groups in total. The quantitative estimate of drug-likeness (QED) is 0.124. The molecule has 7 heteroatoms. The van der Waals surface area contributed by atoms with Gasteiger partial charge in [0.25, 0.3) is 5.56 Å². The van der Waals surface area contributed by atoms with Crippen molar-refractivity contribution in [3.8, 4) is 11.5 Å². The fourth-order valence-electron chi connectivity index (χ4n) is 3.69. The second-order valence-electron chi connectivity index (χ2n) is 8.43. The summed E-state index contributed by atoms with van der Waals surface area (Å²) >= 11 is 0. The van der Waals surface area contributed by atoms with Gasteiger partial charge in [0.2, 0.25) is 0 Å². The fraction of sp³-hybridized carbons (Fsp3) is 0.241. The molecule has 3 aromatic carbocycles. The first-order valence-electron chi connectivity index (χ1n) is 12.1. The number of hydrogen-bond acceptors (Lipinski definition) is 6. The Morgan fingerprint density at radius 3 is 2.42 bits per heavy atom. The highest BCUT2D eigenvalue weighted by Gasteiger charge is 2.09. The van der Waals surface area contributed by atoms with E-state index in [4.69, 9.17) is 9.47 Å². The first-order chi connectivity index (χ1) is 17.5. The second-order valence-corrected chi connectivity index (χ2v) is 8.43. The third-order valence-corrected chi connectivity index (χ3v) is 5.69. The summed E-state index contributed by atoms with van der Waals surface area (Å²) < 4.78 is 12.5. The van der Waals surface area contributed by atoms with Crippen LogP contribution < -0.4 is 15.0 Å². The number of carbonyl (C=O) groups is 1. The zero-order valence-electron chi connectivity index (χ0n) is 20.5. The van der Waals surface area contributed by atoms with Crippen LogP contribution in [-0.2, 0) is 0 Å². The Kier molecular flexibility index (Phi) is 8.24.